The Kier molecular flexibility index (Phi) is 3.01. The third-order valence-electron chi connectivity index (χ3n) is 0.271. The first-order valence-corrected chi connectivity index (χ1v) is 1.48. The Bertz CT molecular complexity index is 30.6. The van der Waals surface area contributed by atoms with Gasteiger partial charge in [-0.05, 0) is 0 Å². The average molecular weight is 70.1 g/mol. The van der Waals surface area contributed by atoms with Gasteiger partial charge in [-0.1, -0.05) is 0 Å². The van der Waals surface area contributed by atoms with E-state index in [9.17, 15) is 5.11 Å². The van der Waals surface area contributed by atoms with Crippen molar-refractivity contribution in [2.75, 3.05) is 0 Å². The minimum absolute atomic E-state index is 0.750. The van der Waals surface area contributed by atoms with Crippen molar-refractivity contribution in [3.05, 3.63) is 18.8 Å². The van der Waals surface area contributed by atoms with Crippen LogP contribution in [0.5, 0.6) is 0 Å². The van der Waals surface area contributed by atoms with Crippen LogP contribution in [0, 0.1) is 6.42 Å². The van der Waals surface area contributed by atoms with Crippen LogP contribution in [0.2, 0.25) is 0 Å². The van der Waals surface area contributed by atoms with E-state index in [4.69, 9.17) is 0 Å². The Hall–Kier alpha value is -0.590. The molecule has 0 aliphatic carbocycles. The third-order valence-corrected chi connectivity index (χ3v) is 0.271. The molecular weight excluding hydrogens is 64.0 g/mol. The highest BCUT2D eigenvalue weighted by Gasteiger charge is 1.33. The van der Waals surface area contributed by atoms with Crippen LogP contribution in [-0.4, -0.2) is 0 Å². The monoisotopic (exact) mass is 70.0 g/mol. The standard InChI is InChI=1S/C4H7O/c1-2-3-4-5/h2-5H,1H3/q-1/p-1. The van der Waals surface area contributed by atoms with Gasteiger partial charge in [0.05, 0.1) is 0 Å². The molecule has 0 rings (SSSR count). The number of hydrogen-bond acceptors (Lipinski definition) is 1. The third kappa shape index (κ3) is 3.41. The molecule has 1 nitrogen and oxygen atoms in total. The molecule has 0 aliphatic heterocycles. The molecule has 0 aromatic heterocycles. The number of rotatable bonds is 1. The zero-order valence-corrected chi connectivity index (χ0v) is 3.14. The van der Waals surface area contributed by atoms with Crippen LogP contribution in [-0.2, 0) is 0 Å². The summed E-state index contributed by atoms with van der Waals surface area (Å²) in [6, 6.07) is 0. The smallest absolute Gasteiger partial charge is 0.114 e. The van der Waals surface area contributed by atoms with Crippen LogP contribution in [0.3, 0.4) is 0 Å². The van der Waals surface area contributed by atoms with Crippen molar-refractivity contribution >= 4 is 0 Å². The summed E-state index contributed by atoms with van der Waals surface area (Å²) < 4.78 is 0. The second-order valence-electron chi connectivity index (χ2n) is 0.662. The molecular formula is C4H6O-2. The summed E-state index contributed by atoms with van der Waals surface area (Å²) in [5.41, 5.74) is 0. The highest BCUT2D eigenvalue weighted by atomic mass is 16.2. The maximum atomic E-state index is 9.32. The molecule has 0 heterocycles. The zero-order chi connectivity index (χ0) is 4.12. The van der Waals surface area contributed by atoms with E-state index < -0.39 is 0 Å². The molecule has 0 aliphatic rings. The molecule has 0 radical (unpaired) electrons. The summed E-state index contributed by atoms with van der Waals surface area (Å²) >= 11 is 0. The number of allylic oxidation sites excluding steroid dienone is 1. The summed E-state index contributed by atoms with van der Waals surface area (Å²) in [7, 11) is 0. The van der Waals surface area contributed by atoms with Gasteiger partial charge in [0.15, 0.2) is 0 Å². The van der Waals surface area contributed by atoms with Gasteiger partial charge in [0.25, 0.3) is 0 Å². The van der Waals surface area contributed by atoms with E-state index in [2.05, 4.69) is 0 Å². The minimum atomic E-state index is 0.750. The molecule has 0 unspecified atom stereocenters. The Morgan fingerprint density at radius 2 is 2.40 bits per heavy atom. The van der Waals surface area contributed by atoms with Crippen LogP contribution in [0.1, 0.15) is 6.92 Å². The molecule has 0 spiro atoms. The Labute approximate surface area is 31.9 Å². The highest BCUT2D eigenvalue weighted by molar-refractivity contribution is 4.83. The molecule has 0 amide bonds. The zero-order valence-electron chi connectivity index (χ0n) is 3.14. The fourth-order valence-corrected chi connectivity index (χ4v) is 0.0786. The Balaban J connectivity index is 2.62. The first kappa shape index (κ1) is 4.41. The molecule has 0 N–H and O–H groups in total. The normalized spacial score (nSPS) is 9.00. The first-order chi connectivity index (χ1) is 2.41. The van der Waals surface area contributed by atoms with E-state index in [1.807, 2.05) is 0 Å². The molecule has 0 fully saturated rings. The lowest BCUT2D eigenvalue weighted by Gasteiger charge is -1.94. The quantitative estimate of drug-likeness (QED) is 0.316. The van der Waals surface area contributed by atoms with Crippen molar-refractivity contribution in [2.24, 2.45) is 0 Å². The summed E-state index contributed by atoms with van der Waals surface area (Å²) in [5, 5.41) is 9.32. The fraction of sp³-hybridized carbons (Fsp3) is 0.250. The van der Waals surface area contributed by atoms with Gasteiger partial charge in [-0.2, -0.15) is 0 Å². The van der Waals surface area contributed by atoms with E-state index in [1.165, 1.54) is 6.08 Å². The van der Waals surface area contributed by atoms with Crippen LogP contribution >= 0.6 is 0 Å². The largest absolute Gasteiger partial charge is 0.959 e. The van der Waals surface area contributed by atoms with Crippen LogP contribution in [0.4, 0.5) is 0 Å². The second-order valence-corrected chi connectivity index (χ2v) is 0.662. The van der Waals surface area contributed by atoms with E-state index in [0.29, 0.717) is 0 Å². The fourth-order valence-electron chi connectivity index (χ4n) is 0.0786. The van der Waals surface area contributed by atoms with Crippen molar-refractivity contribution in [2.45, 2.75) is 6.92 Å². The number of hydrogen-bond donors (Lipinski definition) is 0. The van der Waals surface area contributed by atoms with E-state index >= 15 is 0 Å². The maximum Gasteiger partial charge on any atom is -0.114 e. The molecule has 0 bridgehead atoms. The van der Waals surface area contributed by atoms with Gasteiger partial charge >= 0.3 is 0 Å². The molecule has 0 atom stereocenters. The predicted octanol–water partition coefficient (Wildman–Crippen LogP) is 0.0846. The van der Waals surface area contributed by atoms with Crippen molar-refractivity contribution < 1.29 is 5.11 Å². The van der Waals surface area contributed by atoms with Gasteiger partial charge in [0.1, 0.15) is 0 Å². The van der Waals surface area contributed by atoms with Crippen molar-refractivity contribution in [1.29, 1.82) is 0 Å². The van der Waals surface area contributed by atoms with Gasteiger partial charge in [-0.3, -0.25) is 0 Å². The average Bonchev–Trinajstić information content (AvgIpc) is 1.41. The van der Waals surface area contributed by atoms with Gasteiger partial charge in [0.2, 0.25) is 0 Å². The van der Waals surface area contributed by atoms with E-state index in [0.717, 1.165) is 6.26 Å². The highest BCUT2D eigenvalue weighted by Crippen LogP contribution is 1.67. The summed E-state index contributed by atoms with van der Waals surface area (Å²) in [6.07, 6.45) is 3.88. The van der Waals surface area contributed by atoms with Gasteiger partial charge < -0.3 is 11.4 Å². The van der Waals surface area contributed by atoms with Crippen molar-refractivity contribution in [1.82, 2.24) is 0 Å². The van der Waals surface area contributed by atoms with Gasteiger partial charge in [0, 0.05) is 0 Å². The molecule has 0 aromatic carbocycles. The van der Waals surface area contributed by atoms with Crippen molar-refractivity contribution in [3.63, 3.8) is 0 Å². The van der Waals surface area contributed by atoms with E-state index in [1.54, 1.807) is 13.3 Å². The molecule has 0 saturated heterocycles. The topological polar surface area (TPSA) is 23.1 Å². The lowest BCUT2D eigenvalue weighted by Crippen LogP contribution is -1.82. The van der Waals surface area contributed by atoms with E-state index in [-0.39, 0.29) is 0 Å². The van der Waals surface area contributed by atoms with Crippen LogP contribution in [0.15, 0.2) is 12.3 Å². The maximum absolute atomic E-state index is 9.32. The van der Waals surface area contributed by atoms with Crippen LogP contribution < -0.4 is 5.11 Å². The minimum Gasteiger partial charge on any atom is -0.959 e. The Morgan fingerprint density at radius 1 is 1.80 bits per heavy atom. The molecule has 0 aromatic rings. The second kappa shape index (κ2) is 3.41. The predicted molar refractivity (Wildman–Crippen MR) is 19.1 cm³/mol. The molecule has 30 valence electrons. The SMILES string of the molecule is C[CH-]C=C[O-]. The lowest BCUT2D eigenvalue weighted by atomic mass is 10.5. The summed E-state index contributed by atoms with van der Waals surface area (Å²) in [5.74, 6) is 0. The summed E-state index contributed by atoms with van der Waals surface area (Å²) in [6.45, 7) is 1.80. The first-order valence-electron chi connectivity index (χ1n) is 1.48. The summed E-state index contributed by atoms with van der Waals surface area (Å²) in [4.78, 5) is 0. The van der Waals surface area contributed by atoms with Gasteiger partial charge in [-0.15, -0.1) is 6.92 Å². The lowest BCUT2D eigenvalue weighted by molar-refractivity contribution is -0.274. The van der Waals surface area contributed by atoms with Crippen LogP contribution in [0.25, 0.3) is 0 Å². The van der Waals surface area contributed by atoms with Gasteiger partial charge in [-0.25, -0.2) is 12.5 Å². The Morgan fingerprint density at radius 3 is 2.40 bits per heavy atom. The van der Waals surface area contributed by atoms with Crippen molar-refractivity contribution in [3.8, 4) is 0 Å². The molecule has 5 heavy (non-hydrogen) atoms. The molecule has 1 heteroatoms. The molecule has 0 saturated carbocycles.